The van der Waals surface area contributed by atoms with Gasteiger partial charge >= 0.3 is 0 Å². The number of nitriles is 1. The van der Waals surface area contributed by atoms with Gasteiger partial charge in [0.1, 0.15) is 35.8 Å². The number of likely N-dealkylation sites (tertiary alicyclic amines) is 1. The third-order valence-electron chi connectivity index (χ3n) is 15.8. The summed E-state index contributed by atoms with van der Waals surface area (Å²) in [6.07, 6.45) is 2.83. The zero-order chi connectivity index (χ0) is 53.3. The molecule has 3 aliphatic heterocycles. The first-order chi connectivity index (χ1) is 35.0. The van der Waals surface area contributed by atoms with Crippen molar-refractivity contribution in [1.82, 2.24) is 40.6 Å². The molecule has 1 aliphatic carbocycles. The van der Waals surface area contributed by atoms with Crippen molar-refractivity contribution >= 4 is 52.4 Å². The topological polar surface area (TPSA) is 196 Å². The fourth-order valence-electron chi connectivity index (χ4n) is 11.8. The second kappa shape index (κ2) is 22.3. The number of ether oxygens (including phenoxy) is 1. The lowest BCUT2D eigenvalue weighted by Crippen LogP contribution is -2.74. The molecule has 0 radical (unpaired) electrons. The van der Waals surface area contributed by atoms with Crippen LogP contribution in [0.2, 0.25) is 5.02 Å². The maximum Gasteiger partial charge on any atom is 0.253 e. The predicted octanol–water partition coefficient (Wildman–Crippen LogP) is 6.85. The Hall–Kier alpha value is -5.64. The molecule has 0 spiro atoms. The van der Waals surface area contributed by atoms with E-state index in [2.05, 4.69) is 69.4 Å². The molecule has 5 heterocycles. The average Bonchev–Trinajstić information content (AvgIpc) is 4.13. The Bertz CT molecular complexity index is 2700. The molecule has 2 aromatic heterocycles. The summed E-state index contributed by atoms with van der Waals surface area (Å²) >= 11 is 7.85. The average molecular weight is 1050 g/mol. The number of carbonyl (C=O) groups excluding carboxylic acids is 4. The molecule has 396 valence electrons. The number of halogens is 1. The van der Waals surface area contributed by atoms with Crippen molar-refractivity contribution in [2.45, 2.75) is 118 Å². The van der Waals surface area contributed by atoms with E-state index in [-0.39, 0.29) is 72.2 Å². The lowest BCUT2D eigenvalue weighted by atomic mass is 9.49. The molecule has 4 amide bonds. The lowest BCUT2D eigenvalue weighted by Gasteiger charge is -2.63. The Kier molecular flexibility index (Phi) is 16.5. The molecule has 1 unspecified atom stereocenters. The second-order valence-electron chi connectivity index (χ2n) is 23.1. The molecule has 74 heavy (non-hydrogen) atoms. The number of amides is 4. The monoisotopic (exact) mass is 1050 g/mol. The van der Waals surface area contributed by atoms with E-state index in [1.54, 1.807) is 35.7 Å². The van der Waals surface area contributed by atoms with Gasteiger partial charge in [0.05, 0.1) is 50.9 Å². The van der Waals surface area contributed by atoms with E-state index < -0.39 is 23.6 Å². The Morgan fingerprint density at radius 2 is 1.65 bits per heavy atom. The van der Waals surface area contributed by atoms with Crippen molar-refractivity contribution in [3.8, 4) is 22.3 Å². The molecule has 18 heteroatoms. The number of carbonyl (C=O) groups is 4. The highest BCUT2D eigenvalue weighted by atomic mass is 35.5. The summed E-state index contributed by atoms with van der Waals surface area (Å²) in [5.74, 6) is 0.815. The fraction of sp³-hybridized carbons (Fsp3) is 0.554. The summed E-state index contributed by atoms with van der Waals surface area (Å²) in [7, 11) is 0. The van der Waals surface area contributed by atoms with Gasteiger partial charge in [0, 0.05) is 81.4 Å². The SMILES string of the molecule is Cc1ncsc1-c1ccc([C@H](C)NC(=O)[C@@H]2C[C@@H](O)CN2C(=O)[C@@H](NC(=O)CN2CCN(CCC3CCN(c4ccc(C(=O)N[C@H]5C(C)(C)[C@H](Oc6ccc(C#N)c(Cl)c6)C5(C)C)cn4)C3)CC2)C(C)(C)C)cc1. The largest absolute Gasteiger partial charge is 0.489 e. The number of aromatic nitrogens is 2. The van der Waals surface area contributed by atoms with Crippen LogP contribution in [0.4, 0.5) is 5.82 Å². The Morgan fingerprint density at radius 3 is 2.27 bits per heavy atom. The number of pyridine rings is 1. The van der Waals surface area contributed by atoms with Crippen molar-refractivity contribution in [2.75, 3.05) is 63.8 Å². The summed E-state index contributed by atoms with van der Waals surface area (Å²) in [5, 5.41) is 29.7. The van der Waals surface area contributed by atoms with Crippen LogP contribution < -0.4 is 25.6 Å². The third kappa shape index (κ3) is 12.1. The van der Waals surface area contributed by atoms with Crippen LogP contribution in [0.1, 0.15) is 108 Å². The number of hydrogen-bond donors (Lipinski definition) is 4. The molecule has 16 nitrogen and oxygen atoms in total. The standard InChI is InChI=1S/C56H73ClN10O6S/c1-34(37-10-12-38(13-11-37)47-35(2)60-33-74-47)61-50(71)44-26-41(68)31-67(44)51(72)48(54(3,4)5)62-46(69)32-65-24-22-64(23-25-65)20-18-36-19-21-66(30-36)45-17-15-40(29-59-45)49(70)63-52-55(6,7)53(56(52,8)9)73-42-16-14-39(28-58)43(57)27-42/h10-17,27,29,33-34,36,41,44,48,52-53,68H,18-26,30-32H2,1-9H3,(H,61,71)(H,62,69)(H,63,70)/t34-,36?,41+,44-,48+,52-,53-/m0/s1. The highest BCUT2D eigenvalue weighted by molar-refractivity contribution is 7.13. The van der Waals surface area contributed by atoms with Crippen LogP contribution >= 0.6 is 22.9 Å². The molecule has 4 N–H and O–H groups in total. The number of piperazine rings is 1. The van der Waals surface area contributed by atoms with E-state index in [1.807, 2.05) is 76.5 Å². The van der Waals surface area contributed by atoms with Gasteiger partial charge in [-0.1, -0.05) is 84.3 Å². The van der Waals surface area contributed by atoms with Gasteiger partial charge in [0.15, 0.2) is 0 Å². The summed E-state index contributed by atoms with van der Waals surface area (Å²) in [4.78, 5) is 73.7. The van der Waals surface area contributed by atoms with Crippen LogP contribution in [0.25, 0.3) is 10.4 Å². The molecule has 0 bridgehead atoms. The maximum absolute atomic E-state index is 14.3. The third-order valence-corrected chi connectivity index (χ3v) is 17.1. The van der Waals surface area contributed by atoms with E-state index in [0.29, 0.717) is 27.8 Å². The van der Waals surface area contributed by atoms with Crippen molar-refractivity contribution < 1.29 is 29.0 Å². The van der Waals surface area contributed by atoms with E-state index >= 15 is 0 Å². The van der Waals surface area contributed by atoms with Gasteiger partial charge in [-0.15, -0.1) is 11.3 Å². The smallest absolute Gasteiger partial charge is 0.253 e. The van der Waals surface area contributed by atoms with E-state index in [9.17, 15) is 29.5 Å². The highest BCUT2D eigenvalue weighted by Gasteiger charge is 2.64. The molecule has 8 rings (SSSR count). The quantitative estimate of drug-likeness (QED) is 0.0913. The van der Waals surface area contributed by atoms with Crippen LogP contribution in [0.3, 0.4) is 0 Å². The van der Waals surface area contributed by atoms with E-state index in [1.165, 1.54) is 4.90 Å². The lowest BCUT2D eigenvalue weighted by molar-refractivity contribution is -0.164. The summed E-state index contributed by atoms with van der Waals surface area (Å²) in [6, 6.07) is 16.7. The van der Waals surface area contributed by atoms with Crippen molar-refractivity contribution in [3.05, 3.63) is 93.7 Å². The van der Waals surface area contributed by atoms with Crippen LogP contribution in [0.5, 0.6) is 5.75 Å². The summed E-state index contributed by atoms with van der Waals surface area (Å²) in [5.41, 5.74) is 4.25. The number of nitrogens with one attached hydrogen (secondary N) is 3. The number of nitrogens with zero attached hydrogens (tertiary/aromatic N) is 7. The zero-order valence-corrected chi connectivity index (χ0v) is 45.9. The molecule has 5 atom stereocenters. The van der Waals surface area contributed by atoms with Gasteiger partial charge in [-0.3, -0.25) is 24.1 Å². The Balaban J connectivity index is 0.756. The van der Waals surface area contributed by atoms with Gasteiger partial charge < -0.3 is 40.5 Å². The molecular weight excluding hydrogens is 976 g/mol. The minimum absolute atomic E-state index is 0.0138. The maximum atomic E-state index is 14.3. The van der Waals surface area contributed by atoms with Crippen LogP contribution in [-0.4, -0.2) is 143 Å². The first kappa shape index (κ1) is 54.6. The second-order valence-corrected chi connectivity index (χ2v) is 24.4. The molecule has 4 aromatic rings. The van der Waals surface area contributed by atoms with Crippen LogP contribution in [0, 0.1) is 40.4 Å². The number of hydrogen-bond acceptors (Lipinski definition) is 13. The predicted molar refractivity (Wildman–Crippen MR) is 288 cm³/mol. The molecule has 2 aromatic carbocycles. The van der Waals surface area contributed by atoms with Crippen LogP contribution in [-0.2, 0) is 14.4 Å². The van der Waals surface area contributed by atoms with Crippen molar-refractivity contribution in [1.29, 1.82) is 5.26 Å². The van der Waals surface area contributed by atoms with E-state index in [0.717, 1.165) is 86.2 Å². The summed E-state index contributed by atoms with van der Waals surface area (Å²) < 4.78 is 6.39. The van der Waals surface area contributed by atoms with Gasteiger partial charge in [-0.05, 0) is 80.0 Å². The molecule has 4 aliphatic rings. The number of aryl methyl sites for hydroxylation is 1. The molecule has 3 saturated heterocycles. The first-order valence-corrected chi connectivity index (χ1v) is 27.2. The Morgan fingerprint density at radius 1 is 0.946 bits per heavy atom. The van der Waals surface area contributed by atoms with Gasteiger partial charge in [-0.2, -0.15) is 5.26 Å². The number of aliphatic hydroxyl groups is 1. The molecule has 1 saturated carbocycles. The van der Waals surface area contributed by atoms with Gasteiger partial charge in [0.25, 0.3) is 5.91 Å². The normalized spacial score (nSPS) is 23.6. The van der Waals surface area contributed by atoms with E-state index in [4.69, 9.17) is 21.3 Å². The number of benzene rings is 2. The minimum Gasteiger partial charge on any atom is -0.489 e. The van der Waals surface area contributed by atoms with Gasteiger partial charge in [-0.25, -0.2) is 9.97 Å². The number of β-amino-alcohol motifs (C(OH)–C–C–N with tert-alkyl or cyclic N) is 1. The number of aliphatic hydroxyl groups excluding tert-OH is 1. The number of thiazole rings is 1. The number of rotatable bonds is 16. The Labute approximate surface area is 445 Å². The van der Waals surface area contributed by atoms with Crippen molar-refractivity contribution in [3.63, 3.8) is 0 Å². The minimum atomic E-state index is -0.896. The molecule has 4 fully saturated rings. The number of anilines is 1. The zero-order valence-electron chi connectivity index (χ0n) is 44.3. The van der Waals surface area contributed by atoms with Crippen molar-refractivity contribution in [2.24, 2.45) is 22.2 Å². The van der Waals surface area contributed by atoms with Crippen LogP contribution in [0.15, 0.2) is 66.3 Å². The summed E-state index contributed by atoms with van der Waals surface area (Å²) in [6.45, 7) is 24.0. The van der Waals surface area contributed by atoms with Gasteiger partial charge in [0.2, 0.25) is 17.7 Å². The molecular formula is C56H73ClN10O6S. The fourth-order valence-corrected chi connectivity index (χ4v) is 12.8. The highest BCUT2D eigenvalue weighted by Crippen LogP contribution is 2.55. The first-order valence-electron chi connectivity index (χ1n) is 25.9.